The van der Waals surface area contributed by atoms with Crippen molar-refractivity contribution in [2.45, 2.75) is 17.7 Å². The number of hydrogen-bond acceptors (Lipinski definition) is 6. The summed E-state index contributed by atoms with van der Waals surface area (Å²) in [4.78, 5) is 20.5. The lowest BCUT2D eigenvalue weighted by molar-refractivity contribution is -0.137. The molecule has 4 aromatic rings. The van der Waals surface area contributed by atoms with Gasteiger partial charge in [-0.05, 0) is 42.0 Å². The number of nitrogens with zero attached hydrogens (tertiary/aromatic N) is 5. The lowest BCUT2D eigenvalue weighted by Crippen LogP contribution is -2.14. The smallest absolute Gasteiger partial charge is 0.325 e. The molecule has 164 valence electrons. The first-order valence-corrected chi connectivity index (χ1v) is 10.2. The molecule has 0 aliphatic carbocycles. The Morgan fingerprint density at radius 3 is 2.44 bits per heavy atom. The Labute approximate surface area is 182 Å². The number of benzene rings is 2. The van der Waals surface area contributed by atoms with Crippen LogP contribution in [0.15, 0.2) is 59.9 Å². The van der Waals surface area contributed by atoms with Gasteiger partial charge in [0.2, 0.25) is 5.91 Å². The fourth-order valence-corrected chi connectivity index (χ4v) is 3.55. The molecular formula is C20H14F4N6OS. The normalized spacial score (nSPS) is 11.6. The van der Waals surface area contributed by atoms with E-state index in [-0.39, 0.29) is 17.3 Å². The number of hydrogen-bond donors (Lipinski definition) is 1. The van der Waals surface area contributed by atoms with Gasteiger partial charge in [-0.15, -0.1) is 5.10 Å². The summed E-state index contributed by atoms with van der Waals surface area (Å²) < 4.78 is 52.5. The monoisotopic (exact) mass is 462 g/mol. The van der Waals surface area contributed by atoms with Gasteiger partial charge in [0, 0.05) is 5.69 Å². The third-order valence-corrected chi connectivity index (χ3v) is 5.33. The van der Waals surface area contributed by atoms with Gasteiger partial charge in [0.15, 0.2) is 11.2 Å². The van der Waals surface area contributed by atoms with Crippen LogP contribution in [0.3, 0.4) is 0 Å². The third kappa shape index (κ3) is 5.02. The number of nitrogens with one attached hydrogen (secondary N) is 1. The van der Waals surface area contributed by atoms with Crippen molar-refractivity contribution in [3.63, 3.8) is 0 Å². The molecule has 0 spiro atoms. The van der Waals surface area contributed by atoms with Gasteiger partial charge < -0.3 is 5.32 Å². The van der Waals surface area contributed by atoms with E-state index in [0.717, 1.165) is 29.5 Å². The molecule has 0 saturated heterocycles. The second-order valence-electron chi connectivity index (χ2n) is 6.64. The highest BCUT2D eigenvalue weighted by molar-refractivity contribution is 8.00. The van der Waals surface area contributed by atoms with E-state index in [1.807, 2.05) is 0 Å². The van der Waals surface area contributed by atoms with Gasteiger partial charge in [-0.25, -0.2) is 19.0 Å². The summed E-state index contributed by atoms with van der Waals surface area (Å²) in [5.41, 5.74) is 1.12. The summed E-state index contributed by atoms with van der Waals surface area (Å²) in [5.74, 6) is -0.800. The van der Waals surface area contributed by atoms with Crippen LogP contribution in [-0.2, 0) is 17.5 Å². The summed E-state index contributed by atoms with van der Waals surface area (Å²) in [6, 6.07) is 10.1. The number of carbonyl (C=O) groups is 1. The van der Waals surface area contributed by atoms with Gasteiger partial charge in [0.25, 0.3) is 0 Å². The molecule has 7 nitrogen and oxygen atoms in total. The molecule has 0 atom stereocenters. The number of thioether (sulfide) groups is 1. The predicted molar refractivity (Wildman–Crippen MR) is 109 cm³/mol. The van der Waals surface area contributed by atoms with Crippen LogP contribution in [0.1, 0.15) is 11.1 Å². The number of carbonyl (C=O) groups excluding carboxylic acids is 1. The van der Waals surface area contributed by atoms with Gasteiger partial charge >= 0.3 is 6.18 Å². The van der Waals surface area contributed by atoms with Gasteiger partial charge in [-0.3, -0.25) is 4.79 Å². The van der Waals surface area contributed by atoms with Gasteiger partial charge in [-0.1, -0.05) is 29.1 Å². The van der Waals surface area contributed by atoms with Crippen molar-refractivity contribution in [2.24, 2.45) is 0 Å². The van der Waals surface area contributed by atoms with E-state index in [9.17, 15) is 22.4 Å². The van der Waals surface area contributed by atoms with Crippen LogP contribution in [0.2, 0.25) is 0 Å². The van der Waals surface area contributed by atoms with Crippen LogP contribution in [-0.4, -0.2) is 36.6 Å². The van der Waals surface area contributed by atoms with Crippen LogP contribution < -0.4 is 5.32 Å². The van der Waals surface area contributed by atoms with E-state index in [2.05, 4.69) is 25.6 Å². The van der Waals surface area contributed by atoms with E-state index in [0.29, 0.717) is 22.7 Å². The van der Waals surface area contributed by atoms with Crippen molar-refractivity contribution >= 4 is 34.5 Å². The van der Waals surface area contributed by atoms with Crippen LogP contribution in [0.4, 0.5) is 23.2 Å². The van der Waals surface area contributed by atoms with Gasteiger partial charge in [0.05, 0.1) is 17.9 Å². The topological polar surface area (TPSA) is 85.6 Å². The van der Waals surface area contributed by atoms with Crippen LogP contribution in [0, 0.1) is 5.82 Å². The molecule has 0 radical (unpaired) electrons. The summed E-state index contributed by atoms with van der Waals surface area (Å²) in [6.45, 7) is 0.326. The fraction of sp³-hybridized carbons (Fsp3) is 0.150. The van der Waals surface area contributed by atoms with Crippen LogP contribution in [0.25, 0.3) is 11.2 Å². The maximum absolute atomic E-state index is 13.1. The van der Waals surface area contributed by atoms with E-state index >= 15 is 0 Å². The second-order valence-corrected chi connectivity index (χ2v) is 7.60. The molecular weight excluding hydrogens is 448 g/mol. The molecule has 1 amide bonds. The standard InChI is InChI=1S/C20H14F4N6OS/c21-14-5-1-12(2-6-14)9-30-18-17(28-29-30)19(26-11-25-18)32-10-16(31)27-15-7-3-13(4-8-15)20(22,23)24/h1-8,11H,9-10H2,(H,27,31). The van der Waals surface area contributed by atoms with Crippen molar-refractivity contribution in [3.05, 3.63) is 71.8 Å². The SMILES string of the molecule is O=C(CSc1ncnc2c1nnn2Cc1ccc(F)cc1)Nc1ccc(C(F)(F)F)cc1. The summed E-state index contributed by atoms with van der Waals surface area (Å²) in [5, 5.41) is 11.1. The molecule has 32 heavy (non-hydrogen) atoms. The van der Waals surface area contributed by atoms with Crippen molar-refractivity contribution < 1.29 is 22.4 Å². The molecule has 0 aliphatic rings. The zero-order valence-electron chi connectivity index (χ0n) is 16.2. The Bertz CT molecular complexity index is 1240. The van der Waals surface area contributed by atoms with Crippen molar-refractivity contribution in [2.75, 3.05) is 11.1 Å². The number of anilines is 1. The lowest BCUT2D eigenvalue weighted by Gasteiger charge is -2.08. The molecule has 0 fully saturated rings. The Kier molecular flexibility index (Phi) is 6.04. The van der Waals surface area contributed by atoms with Crippen molar-refractivity contribution in [1.82, 2.24) is 25.0 Å². The lowest BCUT2D eigenvalue weighted by atomic mass is 10.2. The summed E-state index contributed by atoms with van der Waals surface area (Å²) in [7, 11) is 0. The van der Waals surface area contributed by atoms with E-state index in [1.54, 1.807) is 12.1 Å². The highest BCUT2D eigenvalue weighted by Gasteiger charge is 2.30. The minimum atomic E-state index is -4.44. The molecule has 0 aliphatic heterocycles. The first kappa shape index (κ1) is 21.7. The molecule has 0 unspecified atom stereocenters. The highest BCUT2D eigenvalue weighted by atomic mass is 32.2. The number of fused-ring (bicyclic) bond motifs is 1. The Hall–Kier alpha value is -3.54. The average Bonchev–Trinajstić information content (AvgIpc) is 3.17. The van der Waals surface area contributed by atoms with Crippen molar-refractivity contribution in [3.8, 4) is 0 Å². The van der Waals surface area contributed by atoms with E-state index in [1.165, 1.54) is 35.3 Å². The van der Waals surface area contributed by atoms with Crippen LogP contribution >= 0.6 is 11.8 Å². The maximum atomic E-state index is 13.1. The largest absolute Gasteiger partial charge is 0.416 e. The number of halogens is 4. The average molecular weight is 462 g/mol. The molecule has 2 heterocycles. The van der Waals surface area contributed by atoms with Crippen LogP contribution in [0.5, 0.6) is 0 Å². The zero-order valence-corrected chi connectivity index (χ0v) is 17.0. The number of rotatable bonds is 6. The van der Waals surface area contributed by atoms with Gasteiger partial charge in [0.1, 0.15) is 17.2 Å². The molecule has 2 aromatic heterocycles. The Morgan fingerprint density at radius 2 is 1.75 bits per heavy atom. The van der Waals surface area contributed by atoms with E-state index < -0.39 is 17.6 Å². The highest BCUT2D eigenvalue weighted by Crippen LogP contribution is 2.30. The quantitative estimate of drug-likeness (QED) is 0.263. The zero-order chi connectivity index (χ0) is 22.7. The van der Waals surface area contributed by atoms with E-state index in [4.69, 9.17) is 0 Å². The second kappa shape index (κ2) is 8.91. The molecule has 12 heteroatoms. The fourth-order valence-electron chi connectivity index (χ4n) is 2.82. The predicted octanol–water partition coefficient (Wildman–Crippen LogP) is 4.16. The minimum absolute atomic E-state index is 0.0437. The Balaban J connectivity index is 1.41. The molecule has 4 rings (SSSR count). The third-order valence-electron chi connectivity index (χ3n) is 4.35. The first-order chi connectivity index (χ1) is 15.3. The van der Waals surface area contributed by atoms with Crippen molar-refractivity contribution in [1.29, 1.82) is 0 Å². The number of amides is 1. The summed E-state index contributed by atoms with van der Waals surface area (Å²) >= 11 is 1.10. The van der Waals surface area contributed by atoms with Gasteiger partial charge in [-0.2, -0.15) is 13.2 Å². The maximum Gasteiger partial charge on any atom is 0.416 e. The molecule has 2 aromatic carbocycles. The summed E-state index contributed by atoms with van der Waals surface area (Å²) in [6.07, 6.45) is -3.12. The molecule has 0 saturated carbocycles. The number of alkyl halides is 3. The molecule has 1 N–H and O–H groups in total. The Morgan fingerprint density at radius 1 is 1.03 bits per heavy atom. The minimum Gasteiger partial charge on any atom is -0.325 e. The number of aromatic nitrogens is 5. The molecule has 0 bridgehead atoms. The first-order valence-electron chi connectivity index (χ1n) is 9.18.